The summed E-state index contributed by atoms with van der Waals surface area (Å²) >= 11 is 1.56. The third kappa shape index (κ3) is 3.09. The minimum atomic E-state index is -0.169. The van der Waals surface area contributed by atoms with Gasteiger partial charge in [-0.25, -0.2) is 14.8 Å². The molecule has 0 unspecified atom stereocenters. The highest BCUT2D eigenvalue weighted by Gasteiger charge is 2.21. The zero-order valence-electron chi connectivity index (χ0n) is 15.2. The molecule has 4 heterocycles. The van der Waals surface area contributed by atoms with Crippen molar-refractivity contribution in [2.24, 2.45) is 0 Å². The maximum absolute atomic E-state index is 12.6. The van der Waals surface area contributed by atoms with Gasteiger partial charge in [-0.1, -0.05) is 23.5 Å². The third-order valence-electron chi connectivity index (χ3n) is 4.76. The predicted octanol–water partition coefficient (Wildman–Crippen LogP) is 3.31. The fourth-order valence-electron chi connectivity index (χ4n) is 3.29. The lowest BCUT2D eigenvalue weighted by atomic mass is 10.1. The molecule has 9 heteroatoms. The molecule has 3 aromatic heterocycles. The summed E-state index contributed by atoms with van der Waals surface area (Å²) in [5, 5.41) is 15.0. The van der Waals surface area contributed by atoms with Crippen molar-refractivity contribution in [3.05, 3.63) is 53.7 Å². The molecule has 0 atom stereocenters. The van der Waals surface area contributed by atoms with Gasteiger partial charge in [0.15, 0.2) is 0 Å². The quantitative estimate of drug-likeness (QED) is 0.566. The lowest BCUT2D eigenvalue weighted by molar-refractivity contribution is 0.195. The van der Waals surface area contributed by atoms with Crippen molar-refractivity contribution in [2.45, 2.75) is 20.0 Å². The van der Waals surface area contributed by atoms with Crippen LogP contribution in [0.1, 0.15) is 10.8 Å². The highest BCUT2D eigenvalue weighted by Crippen LogP contribution is 2.27. The molecular formula is C19H17N7OS. The van der Waals surface area contributed by atoms with Gasteiger partial charge in [0.25, 0.3) is 0 Å². The second-order valence-corrected chi connectivity index (χ2v) is 7.83. The average molecular weight is 391 g/mol. The number of aryl methyl sites for hydroxylation is 1. The molecular weight excluding hydrogens is 374 g/mol. The number of amides is 2. The van der Waals surface area contributed by atoms with Gasteiger partial charge in [0.05, 0.1) is 6.54 Å². The molecule has 0 bridgehead atoms. The Bertz CT molecular complexity index is 1180. The molecule has 0 aliphatic carbocycles. The molecule has 2 amide bonds. The number of carbonyl (C=O) groups is 1. The Morgan fingerprint density at radius 3 is 2.93 bits per heavy atom. The molecule has 140 valence electrons. The number of anilines is 1. The molecule has 0 spiro atoms. The fourth-order valence-corrected chi connectivity index (χ4v) is 3.98. The van der Waals surface area contributed by atoms with Crippen LogP contribution in [-0.2, 0) is 13.1 Å². The van der Waals surface area contributed by atoms with Crippen LogP contribution < -0.4 is 5.32 Å². The van der Waals surface area contributed by atoms with E-state index in [1.807, 2.05) is 37.4 Å². The van der Waals surface area contributed by atoms with E-state index < -0.39 is 0 Å². The van der Waals surface area contributed by atoms with E-state index >= 15 is 0 Å². The first-order chi connectivity index (χ1) is 13.7. The minimum absolute atomic E-state index is 0.169. The van der Waals surface area contributed by atoms with Gasteiger partial charge in [0.1, 0.15) is 21.7 Å². The smallest absolute Gasteiger partial charge is 0.323 e. The number of urea groups is 1. The van der Waals surface area contributed by atoms with E-state index in [9.17, 15) is 4.79 Å². The topological polar surface area (TPSA) is 88.8 Å². The van der Waals surface area contributed by atoms with Gasteiger partial charge < -0.3 is 9.47 Å². The number of rotatable bonds is 2. The lowest BCUT2D eigenvalue weighted by Gasteiger charge is -2.27. The average Bonchev–Trinajstić information content (AvgIpc) is 3.35. The van der Waals surface area contributed by atoms with Crippen LogP contribution in [-0.4, -0.2) is 42.2 Å². The Labute approximate surface area is 164 Å². The van der Waals surface area contributed by atoms with Gasteiger partial charge in [-0.3, -0.25) is 5.32 Å². The number of nitrogens with one attached hydrogen (secondary N) is 1. The van der Waals surface area contributed by atoms with E-state index in [0.29, 0.717) is 18.9 Å². The van der Waals surface area contributed by atoms with Crippen LogP contribution in [0.3, 0.4) is 0 Å². The van der Waals surface area contributed by atoms with E-state index in [2.05, 4.69) is 30.0 Å². The van der Waals surface area contributed by atoms with E-state index in [1.165, 1.54) is 0 Å². The van der Waals surface area contributed by atoms with Crippen molar-refractivity contribution in [2.75, 3.05) is 11.9 Å². The van der Waals surface area contributed by atoms with Crippen LogP contribution in [0.15, 0.2) is 42.9 Å². The standard InChI is InChI=1S/C19H17N7OS/c1-12-23-24-18(28-12)13-2-3-14-10-21-16(9-15(14)8-13)22-19(27)26-7-6-25-5-4-20-17(25)11-26/h2-5,8-10H,6-7,11H2,1H3,(H,21,22,27). The zero-order chi connectivity index (χ0) is 19.1. The summed E-state index contributed by atoms with van der Waals surface area (Å²) in [6.07, 6.45) is 5.47. The Morgan fingerprint density at radius 2 is 2.07 bits per heavy atom. The van der Waals surface area contributed by atoms with Gasteiger partial charge in [0, 0.05) is 42.6 Å². The number of imidazole rings is 1. The molecule has 0 fully saturated rings. The first-order valence-corrected chi connectivity index (χ1v) is 9.73. The van der Waals surface area contributed by atoms with Crippen LogP contribution in [0.2, 0.25) is 0 Å². The van der Waals surface area contributed by atoms with Crippen molar-refractivity contribution in [1.82, 2.24) is 29.6 Å². The van der Waals surface area contributed by atoms with E-state index in [1.54, 1.807) is 28.6 Å². The summed E-state index contributed by atoms with van der Waals surface area (Å²) in [6, 6.07) is 7.78. The highest BCUT2D eigenvalue weighted by molar-refractivity contribution is 7.14. The van der Waals surface area contributed by atoms with Crippen LogP contribution in [0, 0.1) is 6.92 Å². The van der Waals surface area contributed by atoms with Crippen molar-refractivity contribution in [3.63, 3.8) is 0 Å². The maximum Gasteiger partial charge on any atom is 0.323 e. The van der Waals surface area contributed by atoms with Crippen LogP contribution in [0.4, 0.5) is 10.6 Å². The first kappa shape index (κ1) is 16.8. The summed E-state index contributed by atoms with van der Waals surface area (Å²) in [5.74, 6) is 1.42. The number of hydrogen-bond acceptors (Lipinski definition) is 6. The van der Waals surface area contributed by atoms with Gasteiger partial charge in [-0.2, -0.15) is 0 Å². The molecule has 5 rings (SSSR count). The summed E-state index contributed by atoms with van der Waals surface area (Å²) in [4.78, 5) is 23.1. The van der Waals surface area contributed by atoms with E-state index in [-0.39, 0.29) is 6.03 Å². The van der Waals surface area contributed by atoms with Crippen molar-refractivity contribution in [3.8, 4) is 10.6 Å². The second kappa shape index (κ2) is 6.68. The van der Waals surface area contributed by atoms with Gasteiger partial charge in [-0.15, -0.1) is 10.2 Å². The lowest BCUT2D eigenvalue weighted by Crippen LogP contribution is -2.40. The summed E-state index contributed by atoms with van der Waals surface area (Å²) < 4.78 is 2.06. The Kier molecular flexibility index (Phi) is 4.01. The van der Waals surface area contributed by atoms with Gasteiger partial charge in [-0.05, 0) is 24.4 Å². The molecule has 1 aliphatic rings. The normalized spacial score (nSPS) is 13.5. The molecule has 1 aromatic carbocycles. The van der Waals surface area contributed by atoms with E-state index in [0.717, 1.165) is 38.7 Å². The summed E-state index contributed by atoms with van der Waals surface area (Å²) in [6.45, 7) is 3.82. The van der Waals surface area contributed by atoms with Crippen molar-refractivity contribution >= 4 is 34.0 Å². The van der Waals surface area contributed by atoms with Crippen LogP contribution >= 0.6 is 11.3 Å². The predicted molar refractivity (Wildman–Crippen MR) is 107 cm³/mol. The Hall–Kier alpha value is -3.33. The van der Waals surface area contributed by atoms with E-state index in [4.69, 9.17) is 0 Å². The number of carbonyl (C=O) groups excluding carboxylic acids is 1. The molecule has 8 nitrogen and oxygen atoms in total. The molecule has 0 saturated heterocycles. The summed E-state index contributed by atoms with van der Waals surface area (Å²) in [5.41, 5.74) is 1.00. The van der Waals surface area contributed by atoms with Crippen LogP contribution in [0.25, 0.3) is 21.3 Å². The number of hydrogen-bond donors (Lipinski definition) is 1. The first-order valence-electron chi connectivity index (χ1n) is 8.92. The number of nitrogens with zero attached hydrogens (tertiary/aromatic N) is 6. The third-order valence-corrected chi connectivity index (χ3v) is 5.65. The molecule has 28 heavy (non-hydrogen) atoms. The maximum atomic E-state index is 12.6. The number of benzene rings is 1. The fraction of sp³-hybridized carbons (Fsp3) is 0.211. The largest absolute Gasteiger partial charge is 0.332 e. The van der Waals surface area contributed by atoms with Crippen molar-refractivity contribution < 1.29 is 4.79 Å². The molecule has 0 saturated carbocycles. The van der Waals surface area contributed by atoms with Crippen LogP contribution in [0.5, 0.6) is 0 Å². The molecule has 4 aromatic rings. The highest BCUT2D eigenvalue weighted by atomic mass is 32.1. The summed E-state index contributed by atoms with van der Waals surface area (Å²) in [7, 11) is 0. The number of pyridine rings is 1. The second-order valence-electron chi connectivity index (χ2n) is 6.65. The Morgan fingerprint density at radius 1 is 1.14 bits per heavy atom. The van der Waals surface area contributed by atoms with Gasteiger partial charge >= 0.3 is 6.03 Å². The monoisotopic (exact) mass is 391 g/mol. The SMILES string of the molecule is Cc1nnc(-c2ccc3cnc(NC(=O)N4CCn5ccnc5C4)cc3c2)s1. The number of aromatic nitrogens is 5. The van der Waals surface area contributed by atoms with Crippen molar-refractivity contribution in [1.29, 1.82) is 0 Å². The molecule has 1 N–H and O–H groups in total. The molecule has 1 aliphatic heterocycles. The molecule has 0 radical (unpaired) electrons. The minimum Gasteiger partial charge on any atom is -0.332 e. The van der Waals surface area contributed by atoms with Gasteiger partial charge in [0.2, 0.25) is 0 Å². The zero-order valence-corrected chi connectivity index (χ0v) is 16.0. The number of fused-ring (bicyclic) bond motifs is 2. The Balaban J connectivity index is 1.38.